The first-order chi connectivity index (χ1) is 9.11. The van der Waals surface area contributed by atoms with E-state index in [9.17, 15) is 4.79 Å². The van der Waals surface area contributed by atoms with Gasteiger partial charge in [0.25, 0.3) is 5.91 Å². The van der Waals surface area contributed by atoms with Gasteiger partial charge in [-0.15, -0.1) is 0 Å². The number of nitrogens with two attached hydrogens (primary N) is 1. The van der Waals surface area contributed by atoms with Gasteiger partial charge in [0.15, 0.2) is 0 Å². The van der Waals surface area contributed by atoms with Gasteiger partial charge in [-0.2, -0.15) is 0 Å². The summed E-state index contributed by atoms with van der Waals surface area (Å²) in [5, 5.41) is 3.80. The van der Waals surface area contributed by atoms with Crippen molar-refractivity contribution >= 4 is 16.8 Å². The number of hydrogen-bond acceptors (Lipinski definition) is 3. The topological polar surface area (TPSA) is 68.0 Å². The highest BCUT2D eigenvalue weighted by Crippen LogP contribution is 2.18. The van der Waals surface area contributed by atoms with Crippen LogP contribution in [-0.4, -0.2) is 24.0 Å². The minimum absolute atomic E-state index is 0.0676. The standard InChI is InChI=1S/C15H19N3O/c1-10(8-16)9-17-15(19)13-7-11(2)18-14-6-4-3-5-12(13)14/h3-7,10H,8-9,16H2,1-2H3,(H,17,19). The molecule has 4 nitrogen and oxygen atoms in total. The van der Waals surface area contributed by atoms with Gasteiger partial charge in [-0.3, -0.25) is 9.78 Å². The van der Waals surface area contributed by atoms with Crippen LogP contribution < -0.4 is 11.1 Å². The zero-order valence-electron chi connectivity index (χ0n) is 11.3. The van der Waals surface area contributed by atoms with Gasteiger partial charge in [0.05, 0.1) is 11.1 Å². The molecule has 0 radical (unpaired) electrons. The number of aromatic nitrogens is 1. The van der Waals surface area contributed by atoms with E-state index >= 15 is 0 Å². The highest BCUT2D eigenvalue weighted by Gasteiger charge is 2.12. The van der Waals surface area contributed by atoms with E-state index in [1.54, 1.807) is 0 Å². The maximum absolute atomic E-state index is 12.3. The van der Waals surface area contributed by atoms with Gasteiger partial charge in [-0.05, 0) is 31.5 Å². The van der Waals surface area contributed by atoms with Crippen LogP contribution in [0, 0.1) is 12.8 Å². The maximum atomic E-state index is 12.3. The molecule has 1 aromatic carbocycles. The van der Waals surface area contributed by atoms with Crippen LogP contribution in [0.4, 0.5) is 0 Å². The van der Waals surface area contributed by atoms with Crippen molar-refractivity contribution in [3.05, 3.63) is 41.6 Å². The largest absolute Gasteiger partial charge is 0.352 e. The summed E-state index contributed by atoms with van der Waals surface area (Å²) in [6, 6.07) is 9.50. The molecule has 100 valence electrons. The van der Waals surface area contributed by atoms with E-state index in [1.807, 2.05) is 44.2 Å². The fourth-order valence-electron chi connectivity index (χ4n) is 1.94. The molecule has 0 bridgehead atoms. The molecule has 0 saturated heterocycles. The van der Waals surface area contributed by atoms with E-state index in [0.717, 1.165) is 16.6 Å². The normalized spacial score (nSPS) is 12.4. The lowest BCUT2D eigenvalue weighted by molar-refractivity contribution is 0.0950. The van der Waals surface area contributed by atoms with Crippen LogP contribution in [0.3, 0.4) is 0 Å². The summed E-state index contributed by atoms with van der Waals surface area (Å²) in [5.74, 6) is 0.208. The van der Waals surface area contributed by atoms with Gasteiger partial charge in [0, 0.05) is 17.6 Å². The summed E-state index contributed by atoms with van der Waals surface area (Å²) >= 11 is 0. The van der Waals surface area contributed by atoms with Gasteiger partial charge < -0.3 is 11.1 Å². The highest BCUT2D eigenvalue weighted by atomic mass is 16.1. The first-order valence-electron chi connectivity index (χ1n) is 6.46. The number of benzene rings is 1. The molecular weight excluding hydrogens is 238 g/mol. The minimum atomic E-state index is -0.0676. The average Bonchev–Trinajstić information content (AvgIpc) is 2.43. The van der Waals surface area contributed by atoms with E-state index < -0.39 is 0 Å². The van der Waals surface area contributed by atoms with Gasteiger partial charge in [0.2, 0.25) is 0 Å². The highest BCUT2D eigenvalue weighted by molar-refractivity contribution is 6.06. The smallest absolute Gasteiger partial charge is 0.252 e. The lowest BCUT2D eigenvalue weighted by Crippen LogP contribution is -2.31. The fraction of sp³-hybridized carbons (Fsp3) is 0.333. The van der Waals surface area contributed by atoms with Crippen molar-refractivity contribution in [2.45, 2.75) is 13.8 Å². The molecule has 0 aliphatic carbocycles. The second-order valence-electron chi connectivity index (χ2n) is 4.88. The molecule has 1 unspecified atom stereocenters. The van der Waals surface area contributed by atoms with Crippen molar-refractivity contribution in [3.63, 3.8) is 0 Å². The Morgan fingerprint density at radius 1 is 1.42 bits per heavy atom. The zero-order chi connectivity index (χ0) is 13.8. The number of aryl methyl sites for hydroxylation is 1. The van der Waals surface area contributed by atoms with E-state index in [0.29, 0.717) is 18.7 Å². The molecule has 0 saturated carbocycles. The molecular formula is C15H19N3O. The van der Waals surface area contributed by atoms with Crippen LogP contribution in [0.15, 0.2) is 30.3 Å². The molecule has 2 aromatic rings. The molecule has 1 atom stereocenters. The number of fused-ring (bicyclic) bond motifs is 1. The number of rotatable bonds is 4. The Bertz CT molecular complexity index is 595. The molecule has 4 heteroatoms. The van der Waals surface area contributed by atoms with Gasteiger partial charge in [-0.1, -0.05) is 25.1 Å². The monoisotopic (exact) mass is 257 g/mol. The van der Waals surface area contributed by atoms with Crippen LogP contribution in [-0.2, 0) is 0 Å². The predicted molar refractivity (Wildman–Crippen MR) is 77.0 cm³/mol. The molecule has 0 aliphatic heterocycles. The Balaban J connectivity index is 2.31. The minimum Gasteiger partial charge on any atom is -0.352 e. The molecule has 1 heterocycles. The van der Waals surface area contributed by atoms with Crippen molar-refractivity contribution in [2.75, 3.05) is 13.1 Å². The fourth-order valence-corrected chi connectivity index (χ4v) is 1.94. The van der Waals surface area contributed by atoms with Crippen molar-refractivity contribution in [1.82, 2.24) is 10.3 Å². The molecule has 0 aliphatic rings. The summed E-state index contributed by atoms with van der Waals surface area (Å²) in [5.41, 5.74) is 7.91. The number of nitrogens with zero attached hydrogens (tertiary/aromatic N) is 1. The van der Waals surface area contributed by atoms with Gasteiger partial charge in [0.1, 0.15) is 0 Å². The Labute approximate surface area is 113 Å². The third-order valence-corrected chi connectivity index (χ3v) is 3.10. The summed E-state index contributed by atoms with van der Waals surface area (Å²) < 4.78 is 0. The first kappa shape index (κ1) is 13.5. The van der Waals surface area contributed by atoms with Crippen LogP contribution in [0.5, 0.6) is 0 Å². The Kier molecular flexibility index (Phi) is 4.12. The lowest BCUT2D eigenvalue weighted by Gasteiger charge is -2.12. The van der Waals surface area contributed by atoms with Crippen molar-refractivity contribution in [3.8, 4) is 0 Å². The molecule has 0 spiro atoms. The van der Waals surface area contributed by atoms with Crippen molar-refractivity contribution in [2.24, 2.45) is 11.7 Å². The van der Waals surface area contributed by atoms with E-state index in [4.69, 9.17) is 5.73 Å². The molecule has 19 heavy (non-hydrogen) atoms. The summed E-state index contributed by atoms with van der Waals surface area (Å²) in [6.45, 7) is 5.06. The number of carbonyl (C=O) groups excluding carboxylic acids is 1. The van der Waals surface area contributed by atoms with Gasteiger partial charge >= 0.3 is 0 Å². The molecule has 1 amide bonds. The second kappa shape index (κ2) is 5.80. The second-order valence-corrected chi connectivity index (χ2v) is 4.88. The average molecular weight is 257 g/mol. The number of hydrogen-bond donors (Lipinski definition) is 2. The van der Waals surface area contributed by atoms with Crippen LogP contribution in [0.1, 0.15) is 23.0 Å². The van der Waals surface area contributed by atoms with Crippen LogP contribution in [0.2, 0.25) is 0 Å². The number of carbonyl (C=O) groups is 1. The molecule has 3 N–H and O–H groups in total. The number of para-hydroxylation sites is 1. The lowest BCUT2D eigenvalue weighted by atomic mass is 10.1. The quantitative estimate of drug-likeness (QED) is 0.878. The predicted octanol–water partition coefficient (Wildman–Crippen LogP) is 1.87. The Hall–Kier alpha value is -1.94. The molecule has 0 fully saturated rings. The summed E-state index contributed by atoms with van der Waals surface area (Å²) in [6.07, 6.45) is 0. The number of nitrogens with one attached hydrogen (secondary N) is 1. The third kappa shape index (κ3) is 3.09. The summed E-state index contributed by atoms with van der Waals surface area (Å²) in [4.78, 5) is 16.7. The van der Waals surface area contributed by atoms with Crippen molar-refractivity contribution in [1.29, 1.82) is 0 Å². The Morgan fingerprint density at radius 2 is 2.16 bits per heavy atom. The first-order valence-corrected chi connectivity index (χ1v) is 6.46. The van der Waals surface area contributed by atoms with Crippen LogP contribution >= 0.6 is 0 Å². The molecule has 1 aromatic heterocycles. The van der Waals surface area contributed by atoms with E-state index in [1.165, 1.54) is 0 Å². The number of amides is 1. The number of pyridine rings is 1. The molecule has 2 rings (SSSR count). The van der Waals surface area contributed by atoms with E-state index in [-0.39, 0.29) is 11.8 Å². The van der Waals surface area contributed by atoms with Gasteiger partial charge in [-0.25, -0.2) is 0 Å². The summed E-state index contributed by atoms with van der Waals surface area (Å²) in [7, 11) is 0. The SMILES string of the molecule is Cc1cc(C(=O)NCC(C)CN)c2ccccc2n1. The zero-order valence-corrected chi connectivity index (χ0v) is 11.3. The van der Waals surface area contributed by atoms with Crippen molar-refractivity contribution < 1.29 is 4.79 Å². The third-order valence-electron chi connectivity index (χ3n) is 3.10. The van der Waals surface area contributed by atoms with E-state index in [2.05, 4.69) is 10.3 Å². The van der Waals surface area contributed by atoms with Crippen LogP contribution in [0.25, 0.3) is 10.9 Å². The maximum Gasteiger partial charge on any atom is 0.252 e. The Morgan fingerprint density at radius 3 is 2.89 bits per heavy atom.